The van der Waals surface area contributed by atoms with Gasteiger partial charge in [0.2, 0.25) is 11.7 Å². The Bertz CT molecular complexity index is 974. The number of nitrogens with one attached hydrogen (secondary N) is 1. The molecule has 8 nitrogen and oxygen atoms in total. The van der Waals surface area contributed by atoms with Gasteiger partial charge in [0.15, 0.2) is 0 Å². The molecule has 0 saturated carbocycles. The number of carbonyl (C=O) groups excluding carboxylic acids is 1. The monoisotopic (exact) mass is 500 g/mol. The molecule has 1 aromatic heterocycles. The lowest BCUT2D eigenvalue weighted by Crippen LogP contribution is -2.42. The minimum atomic E-state index is 0.0557. The normalized spacial score (nSPS) is 24.7. The highest BCUT2D eigenvalue weighted by Gasteiger charge is 2.30. The molecule has 0 spiro atoms. The molecule has 1 aromatic carbocycles. The second kappa shape index (κ2) is 11.3. The van der Waals surface area contributed by atoms with Crippen LogP contribution in [0.1, 0.15) is 32.1 Å². The molecule has 3 aliphatic heterocycles. The van der Waals surface area contributed by atoms with Crippen LogP contribution in [0.15, 0.2) is 28.8 Å². The van der Waals surface area contributed by atoms with Crippen molar-refractivity contribution in [2.75, 3.05) is 64.3 Å². The number of hydrogen-bond donors (Lipinski definition) is 1. The van der Waals surface area contributed by atoms with Crippen LogP contribution in [-0.2, 0) is 4.79 Å². The van der Waals surface area contributed by atoms with Gasteiger partial charge in [0.25, 0.3) is 0 Å². The standard InChI is InChI=1S/C26H37ClN6O2/c1-31-11-2-3-20(16-31)18-32-12-8-19(17-32)15-28-25(34)22-9-13-33(14-10-22)26-29-24(30-35-26)21-4-6-23(27)7-5-21/h4-7,19-20,22H,2-3,8-18H2,1H3,(H,28,34)/t19-,20-/m1/s1. The zero-order valence-corrected chi connectivity index (χ0v) is 21.4. The summed E-state index contributed by atoms with van der Waals surface area (Å²) in [5, 5.41) is 8.04. The Balaban J connectivity index is 1.03. The molecule has 1 N–H and O–H groups in total. The molecule has 2 atom stereocenters. The van der Waals surface area contributed by atoms with Crippen molar-refractivity contribution in [2.45, 2.75) is 32.1 Å². The maximum atomic E-state index is 12.8. The van der Waals surface area contributed by atoms with Gasteiger partial charge in [-0.05, 0) is 88.3 Å². The number of rotatable bonds is 7. The summed E-state index contributed by atoms with van der Waals surface area (Å²) in [5.74, 6) is 2.18. The summed E-state index contributed by atoms with van der Waals surface area (Å²) in [5.41, 5.74) is 0.871. The Kier molecular flexibility index (Phi) is 7.90. The lowest BCUT2D eigenvalue weighted by atomic mass is 9.96. The molecule has 0 unspecified atom stereocenters. The molecule has 3 fully saturated rings. The molecule has 0 bridgehead atoms. The van der Waals surface area contributed by atoms with E-state index in [2.05, 4.69) is 37.2 Å². The first-order valence-corrected chi connectivity index (χ1v) is 13.4. The molecule has 190 valence electrons. The van der Waals surface area contributed by atoms with Crippen molar-refractivity contribution in [3.8, 4) is 11.4 Å². The fourth-order valence-corrected chi connectivity index (χ4v) is 5.94. The highest BCUT2D eigenvalue weighted by atomic mass is 35.5. The van der Waals surface area contributed by atoms with Crippen LogP contribution in [-0.4, -0.2) is 85.3 Å². The average molecular weight is 501 g/mol. The second-order valence-corrected chi connectivity index (χ2v) is 11.0. The zero-order chi connectivity index (χ0) is 24.2. The SMILES string of the molecule is CN1CCC[C@@H](CN2CC[C@H](CNC(=O)C3CCN(c4nc(-c5ccc(Cl)cc5)no4)CC3)C2)C1. The predicted octanol–water partition coefficient (Wildman–Crippen LogP) is 3.39. The number of halogens is 1. The van der Waals surface area contributed by atoms with Crippen LogP contribution in [0.5, 0.6) is 0 Å². The summed E-state index contributed by atoms with van der Waals surface area (Å²) in [6.45, 7) is 8.25. The summed E-state index contributed by atoms with van der Waals surface area (Å²) >= 11 is 5.96. The molecule has 0 radical (unpaired) electrons. The highest BCUT2D eigenvalue weighted by Crippen LogP contribution is 2.26. The first-order valence-electron chi connectivity index (χ1n) is 13.1. The van der Waals surface area contributed by atoms with Gasteiger partial charge in [0.05, 0.1) is 0 Å². The Morgan fingerprint density at radius 2 is 1.86 bits per heavy atom. The summed E-state index contributed by atoms with van der Waals surface area (Å²) in [6.07, 6.45) is 5.47. The van der Waals surface area contributed by atoms with Crippen LogP contribution >= 0.6 is 11.6 Å². The third-order valence-electron chi connectivity index (χ3n) is 7.83. The van der Waals surface area contributed by atoms with Crippen molar-refractivity contribution in [2.24, 2.45) is 17.8 Å². The lowest BCUT2D eigenvalue weighted by Gasteiger charge is -2.32. The van der Waals surface area contributed by atoms with E-state index in [0.717, 1.165) is 50.5 Å². The minimum Gasteiger partial charge on any atom is -0.356 e. The topological polar surface area (TPSA) is 77.7 Å². The van der Waals surface area contributed by atoms with Gasteiger partial charge in [0, 0.05) is 55.8 Å². The quantitative estimate of drug-likeness (QED) is 0.624. The molecule has 1 amide bonds. The zero-order valence-electron chi connectivity index (χ0n) is 20.7. The summed E-state index contributed by atoms with van der Waals surface area (Å²) in [4.78, 5) is 24.5. The molecule has 4 heterocycles. The van der Waals surface area contributed by atoms with Crippen molar-refractivity contribution >= 4 is 23.5 Å². The van der Waals surface area contributed by atoms with Gasteiger partial charge in [-0.1, -0.05) is 16.8 Å². The molecule has 35 heavy (non-hydrogen) atoms. The highest BCUT2D eigenvalue weighted by molar-refractivity contribution is 6.30. The van der Waals surface area contributed by atoms with Crippen molar-refractivity contribution in [1.29, 1.82) is 0 Å². The van der Waals surface area contributed by atoms with E-state index in [0.29, 0.717) is 22.8 Å². The van der Waals surface area contributed by atoms with E-state index in [1.54, 1.807) is 0 Å². The van der Waals surface area contributed by atoms with Crippen molar-refractivity contribution in [1.82, 2.24) is 25.3 Å². The molecule has 0 aliphatic carbocycles. The van der Waals surface area contributed by atoms with E-state index in [1.807, 2.05) is 24.3 Å². The fourth-order valence-electron chi connectivity index (χ4n) is 5.82. The first-order chi connectivity index (χ1) is 17.0. The lowest BCUT2D eigenvalue weighted by molar-refractivity contribution is -0.125. The molecule has 9 heteroatoms. The number of nitrogens with zero attached hydrogens (tertiary/aromatic N) is 5. The number of piperidine rings is 2. The summed E-state index contributed by atoms with van der Waals surface area (Å²) in [7, 11) is 2.24. The van der Waals surface area contributed by atoms with E-state index in [9.17, 15) is 4.79 Å². The van der Waals surface area contributed by atoms with Crippen LogP contribution in [0.2, 0.25) is 5.02 Å². The first kappa shape index (κ1) is 24.5. The number of carbonyl (C=O) groups is 1. The van der Waals surface area contributed by atoms with E-state index in [1.165, 1.54) is 45.4 Å². The van der Waals surface area contributed by atoms with Crippen LogP contribution in [0, 0.1) is 17.8 Å². The van der Waals surface area contributed by atoms with Gasteiger partial charge < -0.3 is 24.5 Å². The number of anilines is 1. The number of benzene rings is 1. The predicted molar refractivity (Wildman–Crippen MR) is 137 cm³/mol. The van der Waals surface area contributed by atoms with Gasteiger partial charge in [-0.15, -0.1) is 0 Å². The van der Waals surface area contributed by atoms with Gasteiger partial charge in [0.1, 0.15) is 0 Å². The number of likely N-dealkylation sites (tertiary alicyclic amines) is 2. The molecule has 3 aliphatic rings. The Hall–Kier alpha value is -2.16. The van der Waals surface area contributed by atoms with E-state index < -0.39 is 0 Å². The molecule has 2 aromatic rings. The van der Waals surface area contributed by atoms with Crippen molar-refractivity contribution in [3.05, 3.63) is 29.3 Å². The molecular formula is C26H37ClN6O2. The van der Waals surface area contributed by atoms with Crippen LogP contribution in [0.4, 0.5) is 6.01 Å². The molecular weight excluding hydrogens is 464 g/mol. The molecule has 5 rings (SSSR count). The summed E-state index contributed by atoms with van der Waals surface area (Å²) in [6, 6.07) is 7.91. The van der Waals surface area contributed by atoms with Crippen molar-refractivity contribution < 1.29 is 9.32 Å². The third-order valence-corrected chi connectivity index (χ3v) is 8.08. The van der Waals surface area contributed by atoms with Gasteiger partial charge in [-0.3, -0.25) is 4.79 Å². The maximum absolute atomic E-state index is 12.8. The largest absolute Gasteiger partial charge is 0.356 e. The number of hydrogen-bond acceptors (Lipinski definition) is 7. The third kappa shape index (κ3) is 6.35. The van der Waals surface area contributed by atoms with Crippen LogP contribution < -0.4 is 10.2 Å². The second-order valence-electron chi connectivity index (χ2n) is 10.6. The minimum absolute atomic E-state index is 0.0557. The van der Waals surface area contributed by atoms with E-state index in [4.69, 9.17) is 16.1 Å². The van der Waals surface area contributed by atoms with Gasteiger partial charge in [-0.2, -0.15) is 4.98 Å². The maximum Gasteiger partial charge on any atom is 0.324 e. The van der Waals surface area contributed by atoms with Gasteiger partial charge >= 0.3 is 6.01 Å². The van der Waals surface area contributed by atoms with Crippen LogP contribution in [0.3, 0.4) is 0 Å². The van der Waals surface area contributed by atoms with E-state index in [-0.39, 0.29) is 11.8 Å². The smallest absolute Gasteiger partial charge is 0.324 e. The Morgan fingerprint density at radius 3 is 2.63 bits per heavy atom. The Morgan fingerprint density at radius 1 is 1.06 bits per heavy atom. The number of aromatic nitrogens is 2. The van der Waals surface area contributed by atoms with Crippen LogP contribution in [0.25, 0.3) is 11.4 Å². The van der Waals surface area contributed by atoms with E-state index >= 15 is 0 Å². The van der Waals surface area contributed by atoms with Gasteiger partial charge in [-0.25, -0.2) is 0 Å². The van der Waals surface area contributed by atoms with Crippen molar-refractivity contribution in [3.63, 3.8) is 0 Å². The Labute approximate surface area is 213 Å². The average Bonchev–Trinajstić information content (AvgIpc) is 3.53. The fraction of sp³-hybridized carbons (Fsp3) is 0.654. The number of amides is 1. The summed E-state index contributed by atoms with van der Waals surface area (Å²) < 4.78 is 5.49. The molecule has 3 saturated heterocycles.